The van der Waals surface area contributed by atoms with E-state index in [1.165, 1.54) is 22.6 Å². The van der Waals surface area contributed by atoms with Crippen LogP contribution in [0.15, 0.2) is 24.3 Å². The van der Waals surface area contributed by atoms with Gasteiger partial charge in [-0.05, 0) is 11.1 Å². The van der Waals surface area contributed by atoms with Gasteiger partial charge < -0.3 is 0 Å². The quantitative estimate of drug-likeness (QED) is 0.528. The highest BCUT2D eigenvalue weighted by atomic mass is 32.2. The summed E-state index contributed by atoms with van der Waals surface area (Å²) in [4.78, 5) is 0. The van der Waals surface area contributed by atoms with Gasteiger partial charge in [0.05, 0.1) is 0 Å². The van der Waals surface area contributed by atoms with E-state index in [0.717, 1.165) is 0 Å². The van der Waals surface area contributed by atoms with Crippen LogP contribution in [0.4, 0.5) is 0 Å². The van der Waals surface area contributed by atoms with Gasteiger partial charge in [0.2, 0.25) is 0 Å². The van der Waals surface area contributed by atoms with Crippen molar-refractivity contribution in [3.8, 4) is 0 Å². The van der Waals surface area contributed by atoms with Crippen molar-refractivity contribution in [3.05, 3.63) is 35.4 Å². The van der Waals surface area contributed by atoms with Gasteiger partial charge in [0.15, 0.2) is 0 Å². The van der Waals surface area contributed by atoms with Crippen molar-refractivity contribution >= 4 is 11.8 Å². The molecular weight excluding hydrogens is 128 g/mol. The minimum atomic E-state index is 1.22. The third-order valence-corrected chi connectivity index (χ3v) is 2.66. The Bertz CT molecular complexity index is 195. The van der Waals surface area contributed by atoms with Crippen molar-refractivity contribution in [3.63, 3.8) is 0 Å². The normalized spacial score (nSPS) is 15.6. The number of benzene rings is 1. The first-order valence-corrected chi connectivity index (χ1v) is 4.27. The molecular formula is C8H8S. The summed E-state index contributed by atoms with van der Waals surface area (Å²) in [5, 5.41) is 0. The molecule has 0 fully saturated rings. The fraction of sp³-hybridized carbons (Fsp3) is 0.250. The maximum atomic E-state index is 2.22. The average Bonchev–Trinajstić information content (AvgIpc) is 2.33. The fourth-order valence-electron chi connectivity index (χ4n) is 1.11. The van der Waals surface area contributed by atoms with Crippen LogP contribution in [0.1, 0.15) is 11.1 Å². The number of rotatable bonds is 0. The Labute approximate surface area is 59.3 Å². The summed E-state index contributed by atoms with van der Waals surface area (Å²) in [5.74, 6) is 2.44. The second kappa shape index (κ2) is 2.07. The van der Waals surface area contributed by atoms with Crippen LogP contribution in [-0.4, -0.2) is 0 Å². The molecule has 1 aliphatic heterocycles. The van der Waals surface area contributed by atoms with E-state index in [9.17, 15) is 0 Å². The Morgan fingerprint density at radius 1 is 1.00 bits per heavy atom. The summed E-state index contributed by atoms with van der Waals surface area (Å²) >= 11 is 2.00. The van der Waals surface area contributed by atoms with Gasteiger partial charge in [0.25, 0.3) is 0 Å². The summed E-state index contributed by atoms with van der Waals surface area (Å²) in [6, 6.07) is 8.67. The van der Waals surface area contributed by atoms with Gasteiger partial charge in [-0.15, -0.1) is 0 Å². The SMILES string of the molecule is c1ccc2c(c1)CSC2. The number of hydrogen-bond acceptors (Lipinski definition) is 1. The van der Waals surface area contributed by atoms with Crippen molar-refractivity contribution in [1.82, 2.24) is 0 Å². The predicted molar refractivity (Wildman–Crippen MR) is 41.4 cm³/mol. The van der Waals surface area contributed by atoms with Crippen LogP contribution in [0.2, 0.25) is 0 Å². The molecule has 1 aromatic rings. The van der Waals surface area contributed by atoms with Gasteiger partial charge in [-0.2, -0.15) is 11.8 Å². The minimum absolute atomic E-state index is 1.22. The van der Waals surface area contributed by atoms with E-state index in [2.05, 4.69) is 24.3 Å². The molecule has 0 bridgehead atoms. The zero-order valence-corrected chi connectivity index (χ0v) is 5.95. The van der Waals surface area contributed by atoms with Crippen LogP contribution in [0.5, 0.6) is 0 Å². The minimum Gasteiger partial charge on any atom is -0.152 e. The summed E-state index contributed by atoms with van der Waals surface area (Å²) in [6.45, 7) is 0. The molecule has 0 saturated heterocycles. The fourth-order valence-corrected chi connectivity index (χ4v) is 2.22. The predicted octanol–water partition coefficient (Wildman–Crippen LogP) is 2.43. The van der Waals surface area contributed by atoms with Crippen LogP contribution in [0.25, 0.3) is 0 Å². The lowest BCUT2D eigenvalue weighted by atomic mass is 10.1. The molecule has 1 heterocycles. The van der Waals surface area contributed by atoms with Crippen molar-refractivity contribution in [2.24, 2.45) is 0 Å². The monoisotopic (exact) mass is 136 g/mol. The lowest BCUT2D eigenvalue weighted by molar-refractivity contribution is 1.35. The van der Waals surface area contributed by atoms with Crippen LogP contribution >= 0.6 is 11.8 Å². The highest BCUT2D eigenvalue weighted by Crippen LogP contribution is 2.28. The first-order valence-electron chi connectivity index (χ1n) is 3.11. The molecule has 0 saturated carbocycles. The summed E-state index contributed by atoms with van der Waals surface area (Å²) in [5.41, 5.74) is 3.06. The molecule has 1 heteroatoms. The Morgan fingerprint density at radius 3 is 2.11 bits per heavy atom. The Morgan fingerprint density at radius 2 is 1.56 bits per heavy atom. The lowest BCUT2D eigenvalue weighted by Crippen LogP contribution is -1.77. The summed E-state index contributed by atoms with van der Waals surface area (Å²) in [6.07, 6.45) is 0. The zero-order valence-electron chi connectivity index (χ0n) is 5.13. The van der Waals surface area contributed by atoms with E-state index >= 15 is 0 Å². The molecule has 0 amide bonds. The van der Waals surface area contributed by atoms with Gasteiger partial charge >= 0.3 is 0 Å². The van der Waals surface area contributed by atoms with E-state index in [1.807, 2.05) is 11.8 Å². The smallest absolute Gasteiger partial charge is 0.0190 e. The molecule has 2 rings (SSSR count). The van der Waals surface area contributed by atoms with Crippen molar-refractivity contribution in [2.45, 2.75) is 11.5 Å². The summed E-state index contributed by atoms with van der Waals surface area (Å²) in [7, 11) is 0. The third kappa shape index (κ3) is 0.855. The van der Waals surface area contributed by atoms with E-state index in [0.29, 0.717) is 0 Å². The molecule has 0 aliphatic carbocycles. The highest BCUT2D eigenvalue weighted by Gasteiger charge is 2.07. The van der Waals surface area contributed by atoms with Gasteiger partial charge in [-0.1, -0.05) is 24.3 Å². The highest BCUT2D eigenvalue weighted by molar-refractivity contribution is 7.98. The molecule has 0 nitrogen and oxygen atoms in total. The van der Waals surface area contributed by atoms with Crippen molar-refractivity contribution in [1.29, 1.82) is 0 Å². The molecule has 0 N–H and O–H groups in total. The molecule has 1 aliphatic rings. The molecule has 0 unspecified atom stereocenters. The number of thioether (sulfide) groups is 1. The Hall–Kier alpha value is -0.430. The second-order valence-corrected chi connectivity index (χ2v) is 3.25. The van der Waals surface area contributed by atoms with E-state index in [1.54, 1.807) is 0 Å². The van der Waals surface area contributed by atoms with Crippen molar-refractivity contribution in [2.75, 3.05) is 0 Å². The molecule has 9 heavy (non-hydrogen) atoms. The molecule has 0 spiro atoms. The molecule has 0 aromatic heterocycles. The lowest BCUT2D eigenvalue weighted by Gasteiger charge is -1.91. The number of fused-ring (bicyclic) bond motifs is 1. The molecule has 1 aromatic carbocycles. The number of hydrogen-bond donors (Lipinski definition) is 0. The maximum absolute atomic E-state index is 2.22. The topological polar surface area (TPSA) is 0 Å². The van der Waals surface area contributed by atoms with Crippen LogP contribution in [-0.2, 0) is 11.5 Å². The summed E-state index contributed by atoms with van der Waals surface area (Å²) < 4.78 is 0. The second-order valence-electron chi connectivity index (χ2n) is 2.26. The van der Waals surface area contributed by atoms with E-state index in [4.69, 9.17) is 0 Å². The standard InChI is InChI=1S/C8H8S/c1-2-4-8-6-9-5-7(8)3-1/h1-4H,5-6H2. The van der Waals surface area contributed by atoms with Gasteiger partial charge in [0.1, 0.15) is 0 Å². The molecule has 0 atom stereocenters. The van der Waals surface area contributed by atoms with Gasteiger partial charge in [-0.3, -0.25) is 0 Å². The van der Waals surface area contributed by atoms with Crippen LogP contribution in [0.3, 0.4) is 0 Å². The van der Waals surface area contributed by atoms with E-state index in [-0.39, 0.29) is 0 Å². The molecule has 0 radical (unpaired) electrons. The Kier molecular flexibility index (Phi) is 1.23. The maximum Gasteiger partial charge on any atom is 0.0190 e. The van der Waals surface area contributed by atoms with Gasteiger partial charge in [0, 0.05) is 11.5 Å². The largest absolute Gasteiger partial charge is 0.152 e. The molecule has 46 valence electrons. The third-order valence-electron chi connectivity index (χ3n) is 1.63. The Balaban J connectivity index is 2.54. The van der Waals surface area contributed by atoms with Gasteiger partial charge in [-0.25, -0.2) is 0 Å². The van der Waals surface area contributed by atoms with Crippen LogP contribution in [0, 0.1) is 0 Å². The zero-order chi connectivity index (χ0) is 6.10. The van der Waals surface area contributed by atoms with Crippen molar-refractivity contribution < 1.29 is 0 Å². The first kappa shape index (κ1) is 5.36. The first-order chi connectivity index (χ1) is 4.47. The average molecular weight is 136 g/mol. The van der Waals surface area contributed by atoms with Crippen LogP contribution < -0.4 is 0 Å². The van der Waals surface area contributed by atoms with E-state index < -0.39 is 0 Å².